The quantitative estimate of drug-likeness (QED) is 0.407. The summed E-state index contributed by atoms with van der Waals surface area (Å²) in [6.07, 6.45) is 3.96. The number of benzene rings is 2. The molecule has 0 aliphatic heterocycles. The molecule has 0 unspecified atom stereocenters. The van der Waals surface area contributed by atoms with Crippen molar-refractivity contribution in [2.24, 2.45) is 0 Å². The molecule has 1 heterocycles. The number of thioether (sulfide) groups is 1. The van der Waals surface area contributed by atoms with Gasteiger partial charge in [0, 0.05) is 22.6 Å². The van der Waals surface area contributed by atoms with Crippen LogP contribution in [0.25, 0.3) is 10.9 Å². The number of nitrogens with zero attached hydrogens (tertiary/aromatic N) is 1. The van der Waals surface area contributed by atoms with Crippen molar-refractivity contribution in [2.45, 2.75) is 11.4 Å². The summed E-state index contributed by atoms with van der Waals surface area (Å²) < 4.78 is 7.23. The number of aromatic nitrogens is 1. The van der Waals surface area contributed by atoms with E-state index in [1.807, 2.05) is 71.6 Å². The Morgan fingerprint density at radius 3 is 2.61 bits per heavy atom. The monoisotopic (exact) mass is 324 g/mol. The van der Waals surface area contributed by atoms with Gasteiger partial charge in [-0.25, -0.2) is 0 Å². The van der Waals surface area contributed by atoms with Gasteiger partial charge in [0.05, 0.1) is 12.5 Å². The second kappa shape index (κ2) is 6.84. The van der Waals surface area contributed by atoms with Crippen LogP contribution in [0.15, 0.2) is 65.7 Å². The fraction of sp³-hybridized carbons (Fsp3) is 0.158. The van der Waals surface area contributed by atoms with Gasteiger partial charge in [-0.05, 0) is 36.6 Å². The average molecular weight is 324 g/mol. The summed E-state index contributed by atoms with van der Waals surface area (Å²) in [5, 5.41) is 1.05. The third-order valence-electron chi connectivity index (χ3n) is 3.81. The molecule has 3 aromatic rings. The third-order valence-corrected chi connectivity index (χ3v) is 4.56. The Hall–Kier alpha value is -2.33. The van der Waals surface area contributed by atoms with Gasteiger partial charge in [0.15, 0.2) is 6.20 Å². The Bertz CT molecular complexity index is 844. The van der Waals surface area contributed by atoms with E-state index in [9.17, 15) is 4.79 Å². The molecule has 0 N–H and O–H groups in total. The zero-order chi connectivity index (χ0) is 16.2. The SMILES string of the molecule is COc1ccc2c(ccc[n+]2CC(=O)c2ccc(SC)cc2)c1. The second-order valence-electron chi connectivity index (χ2n) is 5.21. The number of Topliss-reactive ketones (excluding diaryl/α,β-unsaturated/α-hetero) is 1. The summed E-state index contributed by atoms with van der Waals surface area (Å²) in [6.45, 7) is 0.322. The number of hydrogen-bond acceptors (Lipinski definition) is 3. The van der Waals surface area contributed by atoms with Crippen molar-refractivity contribution in [1.82, 2.24) is 0 Å². The summed E-state index contributed by atoms with van der Waals surface area (Å²) >= 11 is 1.67. The molecule has 3 rings (SSSR count). The number of methoxy groups -OCH3 is 1. The van der Waals surface area contributed by atoms with Gasteiger partial charge in [0.1, 0.15) is 5.75 Å². The van der Waals surface area contributed by atoms with Gasteiger partial charge in [-0.15, -0.1) is 11.8 Å². The topological polar surface area (TPSA) is 30.2 Å². The minimum Gasteiger partial charge on any atom is -0.497 e. The van der Waals surface area contributed by atoms with Crippen molar-refractivity contribution in [3.05, 3.63) is 66.4 Å². The van der Waals surface area contributed by atoms with Crippen molar-refractivity contribution in [1.29, 1.82) is 0 Å². The zero-order valence-corrected chi connectivity index (χ0v) is 14.0. The highest BCUT2D eigenvalue weighted by molar-refractivity contribution is 7.98. The maximum absolute atomic E-state index is 12.5. The molecule has 4 heteroatoms. The third kappa shape index (κ3) is 3.37. The highest BCUT2D eigenvalue weighted by atomic mass is 32.2. The Labute approximate surface area is 139 Å². The molecule has 2 aromatic carbocycles. The Morgan fingerprint density at radius 2 is 1.91 bits per heavy atom. The first-order valence-corrected chi connectivity index (χ1v) is 8.57. The Morgan fingerprint density at radius 1 is 1.13 bits per heavy atom. The molecule has 0 amide bonds. The molecule has 0 aliphatic carbocycles. The number of fused-ring (bicyclic) bond motifs is 1. The number of ketones is 1. The molecule has 0 saturated heterocycles. The summed E-state index contributed by atoms with van der Waals surface area (Å²) in [7, 11) is 1.65. The second-order valence-corrected chi connectivity index (χ2v) is 6.09. The highest BCUT2D eigenvalue weighted by Crippen LogP contribution is 2.18. The lowest BCUT2D eigenvalue weighted by Crippen LogP contribution is -2.38. The maximum atomic E-state index is 12.5. The molecule has 23 heavy (non-hydrogen) atoms. The largest absolute Gasteiger partial charge is 0.497 e. The Balaban J connectivity index is 1.89. The van der Waals surface area contributed by atoms with Crippen LogP contribution >= 0.6 is 11.8 Å². The van der Waals surface area contributed by atoms with E-state index in [2.05, 4.69) is 0 Å². The molecule has 0 spiro atoms. The lowest BCUT2D eigenvalue weighted by molar-refractivity contribution is -0.657. The molecule has 0 radical (unpaired) electrons. The molecule has 0 bridgehead atoms. The number of rotatable bonds is 5. The van der Waals surface area contributed by atoms with Crippen LogP contribution in [0, 0.1) is 0 Å². The van der Waals surface area contributed by atoms with E-state index in [-0.39, 0.29) is 5.78 Å². The minimum atomic E-state index is 0.103. The van der Waals surface area contributed by atoms with Gasteiger partial charge in [-0.3, -0.25) is 4.79 Å². The molecule has 116 valence electrons. The van der Waals surface area contributed by atoms with Crippen LogP contribution in [0.1, 0.15) is 10.4 Å². The van der Waals surface area contributed by atoms with E-state index in [0.717, 1.165) is 27.1 Å². The smallest absolute Gasteiger partial charge is 0.227 e. The first kappa shape index (κ1) is 15.6. The predicted octanol–water partition coefficient (Wildman–Crippen LogP) is 3.74. The van der Waals surface area contributed by atoms with E-state index in [0.29, 0.717) is 6.54 Å². The van der Waals surface area contributed by atoms with Crippen LogP contribution in [-0.4, -0.2) is 19.1 Å². The minimum absolute atomic E-state index is 0.103. The molecule has 0 fully saturated rings. The molecule has 3 nitrogen and oxygen atoms in total. The summed E-state index contributed by atoms with van der Waals surface area (Å²) in [4.78, 5) is 13.7. The lowest BCUT2D eigenvalue weighted by Gasteiger charge is -2.04. The van der Waals surface area contributed by atoms with Gasteiger partial charge in [-0.1, -0.05) is 12.1 Å². The van der Waals surface area contributed by atoms with E-state index < -0.39 is 0 Å². The van der Waals surface area contributed by atoms with Crippen LogP contribution in [-0.2, 0) is 6.54 Å². The molecule has 1 aromatic heterocycles. The van der Waals surface area contributed by atoms with Crippen molar-refractivity contribution >= 4 is 28.4 Å². The summed E-state index contributed by atoms with van der Waals surface area (Å²) in [5.74, 6) is 0.917. The van der Waals surface area contributed by atoms with Crippen LogP contribution < -0.4 is 9.30 Å². The first-order valence-electron chi connectivity index (χ1n) is 7.35. The molecular formula is C19H18NO2S+. The number of hydrogen-bond donors (Lipinski definition) is 0. The van der Waals surface area contributed by atoms with Gasteiger partial charge < -0.3 is 4.74 Å². The predicted molar refractivity (Wildman–Crippen MR) is 93.2 cm³/mol. The maximum Gasteiger partial charge on any atom is 0.227 e. The van der Waals surface area contributed by atoms with E-state index in [1.54, 1.807) is 18.9 Å². The summed E-state index contributed by atoms with van der Waals surface area (Å²) in [6, 6.07) is 17.6. The number of carbonyl (C=O) groups is 1. The number of pyridine rings is 1. The van der Waals surface area contributed by atoms with Gasteiger partial charge in [-0.2, -0.15) is 4.57 Å². The van der Waals surface area contributed by atoms with Crippen LogP contribution in [0.3, 0.4) is 0 Å². The van der Waals surface area contributed by atoms with Crippen molar-refractivity contribution in [2.75, 3.05) is 13.4 Å². The highest BCUT2D eigenvalue weighted by Gasteiger charge is 2.15. The molecule has 0 aliphatic rings. The van der Waals surface area contributed by atoms with Crippen LogP contribution in [0.4, 0.5) is 0 Å². The van der Waals surface area contributed by atoms with E-state index in [4.69, 9.17) is 4.74 Å². The van der Waals surface area contributed by atoms with Crippen molar-refractivity contribution in [3.8, 4) is 5.75 Å². The van der Waals surface area contributed by atoms with Crippen LogP contribution in [0.5, 0.6) is 5.75 Å². The van der Waals surface area contributed by atoms with Crippen LogP contribution in [0.2, 0.25) is 0 Å². The average Bonchev–Trinajstić information content (AvgIpc) is 2.61. The van der Waals surface area contributed by atoms with Crippen molar-refractivity contribution in [3.63, 3.8) is 0 Å². The Kier molecular flexibility index (Phi) is 4.63. The van der Waals surface area contributed by atoms with Gasteiger partial charge in [0.25, 0.3) is 0 Å². The van der Waals surface area contributed by atoms with Crippen molar-refractivity contribution < 1.29 is 14.1 Å². The molecular weight excluding hydrogens is 306 g/mol. The fourth-order valence-electron chi connectivity index (χ4n) is 2.55. The van der Waals surface area contributed by atoms with Gasteiger partial charge >= 0.3 is 0 Å². The number of ether oxygens (including phenoxy) is 1. The van der Waals surface area contributed by atoms with Gasteiger partial charge in [0.2, 0.25) is 17.8 Å². The number of carbonyl (C=O) groups excluding carboxylic acids is 1. The van der Waals surface area contributed by atoms with E-state index in [1.165, 1.54) is 0 Å². The standard InChI is InChI=1S/C19H18NO2S/c1-22-16-7-10-18-15(12-16)4-3-11-20(18)13-19(21)14-5-8-17(23-2)9-6-14/h3-12H,13H2,1-2H3/q+1. The summed E-state index contributed by atoms with van der Waals surface area (Å²) in [5.41, 5.74) is 1.75. The molecule has 0 saturated carbocycles. The fourth-order valence-corrected chi connectivity index (χ4v) is 2.95. The molecule has 0 atom stereocenters. The first-order chi connectivity index (χ1) is 11.2. The normalized spacial score (nSPS) is 10.7. The lowest BCUT2D eigenvalue weighted by atomic mass is 10.1. The zero-order valence-electron chi connectivity index (χ0n) is 13.2. The van der Waals surface area contributed by atoms with E-state index >= 15 is 0 Å².